The fourth-order valence-electron chi connectivity index (χ4n) is 3.22. The molecular formula is C14H30N2O. The van der Waals surface area contributed by atoms with Crippen LogP contribution in [0.1, 0.15) is 39.5 Å². The Morgan fingerprint density at radius 1 is 1.41 bits per heavy atom. The van der Waals surface area contributed by atoms with Crippen molar-refractivity contribution < 1.29 is 4.74 Å². The zero-order chi connectivity index (χ0) is 12.8. The van der Waals surface area contributed by atoms with Crippen LogP contribution in [0.3, 0.4) is 0 Å². The lowest BCUT2D eigenvalue weighted by molar-refractivity contribution is 0.0571. The van der Waals surface area contributed by atoms with E-state index in [1.807, 2.05) is 0 Å². The van der Waals surface area contributed by atoms with Crippen LogP contribution in [0.15, 0.2) is 0 Å². The first kappa shape index (κ1) is 14.9. The zero-order valence-corrected chi connectivity index (χ0v) is 12.0. The van der Waals surface area contributed by atoms with E-state index >= 15 is 0 Å². The minimum atomic E-state index is 0.449. The lowest BCUT2D eigenvalue weighted by atomic mass is 9.85. The number of likely N-dealkylation sites (N-methyl/N-ethyl adjacent to an activating group) is 1. The number of hydrogen-bond donors (Lipinski definition) is 1. The minimum absolute atomic E-state index is 0.449. The number of methoxy groups -OCH3 is 1. The standard InChI is InChI=1S/C14H30N2O/c1-11-6-5-7-13(8-11)16(3)14(9-15)12(2)10-17-4/h11-14H,5-10,15H2,1-4H3. The van der Waals surface area contributed by atoms with Gasteiger partial charge >= 0.3 is 0 Å². The first-order valence-electron chi connectivity index (χ1n) is 7.01. The third-order valence-corrected chi connectivity index (χ3v) is 4.34. The highest BCUT2D eigenvalue weighted by atomic mass is 16.5. The molecule has 0 spiro atoms. The lowest BCUT2D eigenvalue weighted by Gasteiger charge is -2.40. The molecule has 0 aliphatic heterocycles. The molecule has 0 aromatic carbocycles. The molecule has 0 aromatic rings. The molecule has 0 radical (unpaired) electrons. The number of ether oxygens (including phenoxy) is 1. The molecule has 1 aliphatic carbocycles. The zero-order valence-electron chi connectivity index (χ0n) is 12.0. The van der Waals surface area contributed by atoms with Crippen LogP contribution in [0.2, 0.25) is 0 Å². The predicted octanol–water partition coefficient (Wildman–Crippen LogP) is 2.11. The summed E-state index contributed by atoms with van der Waals surface area (Å²) in [6.45, 7) is 6.14. The Kier molecular flexibility index (Phi) is 6.45. The van der Waals surface area contributed by atoms with Crippen LogP contribution < -0.4 is 5.73 Å². The van der Waals surface area contributed by atoms with Crippen molar-refractivity contribution >= 4 is 0 Å². The summed E-state index contributed by atoms with van der Waals surface area (Å²) in [6, 6.07) is 1.16. The summed E-state index contributed by atoms with van der Waals surface area (Å²) in [6.07, 6.45) is 5.42. The normalized spacial score (nSPS) is 29.3. The molecule has 4 atom stereocenters. The van der Waals surface area contributed by atoms with Gasteiger partial charge in [0.05, 0.1) is 6.61 Å². The molecular weight excluding hydrogens is 212 g/mol. The van der Waals surface area contributed by atoms with Crippen molar-refractivity contribution in [3.05, 3.63) is 0 Å². The Labute approximate surface area is 107 Å². The van der Waals surface area contributed by atoms with Gasteiger partial charge in [0.15, 0.2) is 0 Å². The monoisotopic (exact) mass is 242 g/mol. The average Bonchev–Trinajstić information content (AvgIpc) is 2.30. The van der Waals surface area contributed by atoms with Gasteiger partial charge in [0.1, 0.15) is 0 Å². The van der Waals surface area contributed by atoms with Gasteiger partial charge < -0.3 is 10.5 Å². The maximum atomic E-state index is 5.95. The summed E-state index contributed by atoms with van der Waals surface area (Å²) in [4.78, 5) is 2.51. The largest absolute Gasteiger partial charge is 0.384 e. The quantitative estimate of drug-likeness (QED) is 0.775. The van der Waals surface area contributed by atoms with E-state index in [4.69, 9.17) is 10.5 Å². The summed E-state index contributed by atoms with van der Waals surface area (Å²) in [5, 5.41) is 0. The molecule has 3 heteroatoms. The van der Waals surface area contributed by atoms with E-state index in [2.05, 4.69) is 25.8 Å². The predicted molar refractivity (Wildman–Crippen MR) is 73.1 cm³/mol. The molecule has 17 heavy (non-hydrogen) atoms. The van der Waals surface area contributed by atoms with Gasteiger partial charge in [-0.1, -0.05) is 26.7 Å². The molecule has 4 unspecified atom stereocenters. The smallest absolute Gasteiger partial charge is 0.0503 e. The molecule has 0 heterocycles. The summed E-state index contributed by atoms with van der Waals surface area (Å²) < 4.78 is 5.26. The lowest BCUT2D eigenvalue weighted by Crippen LogP contribution is -2.49. The molecule has 1 saturated carbocycles. The van der Waals surface area contributed by atoms with E-state index in [1.54, 1.807) is 7.11 Å². The molecule has 0 amide bonds. The second-order valence-corrected chi connectivity index (χ2v) is 5.83. The SMILES string of the molecule is COCC(C)C(CN)N(C)C1CCCC(C)C1. The van der Waals surface area contributed by atoms with E-state index in [0.717, 1.165) is 19.1 Å². The molecule has 1 rings (SSSR count). The number of hydrogen-bond acceptors (Lipinski definition) is 3. The van der Waals surface area contributed by atoms with Crippen molar-refractivity contribution in [1.29, 1.82) is 0 Å². The molecule has 3 nitrogen and oxygen atoms in total. The van der Waals surface area contributed by atoms with E-state index in [-0.39, 0.29) is 0 Å². The second-order valence-electron chi connectivity index (χ2n) is 5.83. The fraction of sp³-hybridized carbons (Fsp3) is 1.00. The van der Waals surface area contributed by atoms with Gasteiger partial charge in [0, 0.05) is 25.7 Å². The first-order valence-corrected chi connectivity index (χ1v) is 7.01. The van der Waals surface area contributed by atoms with Crippen molar-refractivity contribution in [1.82, 2.24) is 4.90 Å². The molecule has 1 fully saturated rings. The van der Waals surface area contributed by atoms with Crippen LogP contribution in [0.5, 0.6) is 0 Å². The average molecular weight is 242 g/mol. The summed E-state index contributed by atoms with van der Waals surface area (Å²) >= 11 is 0. The molecule has 1 aliphatic rings. The van der Waals surface area contributed by atoms with Gasteiger partial charge in [-0.2, -0.15) is 0 Å². The van der Waals surface area contributed by atoms with Gasteiger partial charge in [0.2, 0.25) is 0 Å². The third-order valence-electron chi connectivity index (χ3n) is 4.34. The highest BCUT2D eigenvalue weighted by Crippen LogP contribution is 2.28. The summed E-state index contributed by atoms with van der Waals surface area (Å²) in [5.41, 5.74) is 5.95. The Hall–Kier alpha value is -0.120. The van der Waals surface area contributed by atoms with Crippen LogP contribution in [-0.4, -0.2) is 44.3 Å². The van der Waals surface area contributed by atoms with Gasteiger partial charge in [0.25, 0.3) is 0 Å². The van der Waals surface area contributed by atoms with Gasteiger partial charge in [-0.25, -0.2) is 0 Å². The van der Waals surface area contributed by atoms with Crippen molar-refractivity contribution in [2.75, 3.05) is 27.3 Å². The van der Waals surface area contributed by atoms with Crippen LogP contribution in [0.25, 0.3) is 0 Å². The van der Waals surface area contributed by atoms with E-state index < -0.39 is 0 Å². The molecule has 0 aromatic heterocycles. The van der Waals surface area contributed by atoms with Crippen molar-refractivity contribution in [3.8, 4) is 0 Å². The molecule has 102 valence electrons. The third kappa shape index (κ3) is 4.23. The Bertz CT molecular complexity index is 210. The molecule has 2 N–H and O–H groups in total. The fourth-order valence-corrected chi connectivity index (χ4v) is 3.22. The summed E-state index contributed by atoms with van der Waals surface area (Å²) in [5.74, 6) is 1.37. The Morgan fingerprint density at radius 2 is 2.12 bits per heavy atom. The van der Waals surface area contributed by atoms with E-state index in [9.17, 15) is 0 Å². The Morgan fingerprint density at radius 3 is 2.65 bits per heavy atom. The van der Waals surface area contributed by atoms with Crippen molar-refractivity contribution in [2.24, 2.45) is 17.6 Å². The molecule has 0 bridgehead atoms. The van der Waals surface area contributed by atoms with Gasteiger partial charge in [-0.05, 0) is 31.7 Å². The number of rotatable bonds is 6. The van der Waals surface area contributed by atoms with E-state index in [1.165, 1.54) is 25.7 Å². The van der Waals surface area contributed by atoms with Crippen molar-refractivity contribution in [2.45, 2.75) is 51.6 Å². The number of nitrogens with zero attached hydrogens (tertiary/aromatic N) is 1. The highest BCUT2D eigenvalue weighted by Gasteiger charge is 2.29. The topological polar surface area (TPSA) is 38.5 Å². The maximum absolute atomic E-state index is 5.95. The maximum Gasteiger partial charge on any atom is 0.0503 e. The van der Waals surface area contributed by atoms with E-state index in [0.29, 0.717) is 18.0 Å². The van der Waals surface area contributed by atoms with Crippen LogP contribution in [-0.2, 0) is 4.74 Å². The van der Waals surface area contributed by atoms with Crippen LogP contribution >= 0.6 is 0 Å². The highest BCUT2D eigenvalue weighted by molar-refractivity contribution is 4.84. The second kappa shape index (κ2) is 7.34. The number of nitrogens with two attached hydrogens (primary N) is 1. The molecule has 0 saturated heterocycles. The van der Waals surface area contributed by atoms with Crippen molar-refractivity contribution in [3.63, 3.8) is 0 Å². The van der Waals surface area contributed by atoms with Crippen LogP contribution in [0.4, 0.5) is 0 Å². The Balaban J connectivity index is 2.54. The minimum Gasteiger partial charge on any atom is -0.384 e. The van der Waals surface area contributed by atoms with Gasteiger partial charge in [-0.15, -0.1) is 0 Å². The van der Waals surface area contributed by atoms with Crippen LogP contribution in [0, 0.1) is 11.8 Å². The first-order chi connectivity index (χ1) is 8.10. The van der Waals surface area contributed by atoms with Gasteiger partial charge in [-0.3, -0.25) is 4.90 Å². The summed E-state index contributed by atoms with van der Waals surface area (Å²) in [7, 11) is 4.01.